The summed E-state index contributed by atoms with van der Waals surface area (Å²) in [6.07, 6.45) is -0.251. The number of ether oxygens (including phenoxy) is 1. The van der Waals surface area contributed by atoms with Crippen LogP contribution in [-0.2, 0) is 20.9 Å². The van der Waals surface area contributed by atoms with Gasteiger partial charge in [-0.3, -0.25) is 14.5 Å². The number of imide groups is 1. The standard InChI is InChI=1S/C23H22F2N2O3/c1-14-11-26(12-15(2)30-14)21-20(16-7-9-18(24)10-8-16)22(28)27(23(21)29)13-17-5-3-4-6-19(17)25/h3-10,14-15H,11-13H2,1-2H3. The first-order chi connectivity index (χ1) is 14.3. The Labute approximate surface area is 173 Å². The van der Waals surface area contributed by atoms with E-state index in [0.29, 0.717) is 18.7 Å². The van der Waals surface area contributed by atoms with Crippen LogP contribution in [0.15, 0.2) is 54.2 Å². The number of benzene rings is 2. The van der Waals surface area contributed by atoms with Gasteiger partial charge in [-0.15, -0.1) is 0 Å². The quantitative estimate of drug-likeness (QED) is 0.723. The number of rotatable bonds is 4. The van der Waals surface area contributed by atoms with Crippen LogP contribution in [0.2, 0.25) is 0 Å². The third-order valence-corrected chi connectivity index (χ3v) is 5.30. The Kier molecular flexibility index (Phi) is 5.39. The van der Waals surface area contributed by atoms with Gasteiger partial charge >= 0.3 is 0 Å². The molecule has 0 radical (unpaired) electrons. The van der Waals surface area contributed by atoms with E-state index in [1.165, 1.54) is 30.3 Å². The smallest absolute Gasteiger partial charge is 0.278 e. The summed E-state index contributed by atoms with van der Waals surface area (Å²) in [5.41, 5.74) is 1.16. The van der Waals surface area contributed by atoms with E-state index in [0.717, 1.165) is 4.90 Å². The molecule has 0 saturated carbocycles. The monoisotopic (exact) mass is 412 g/mol. The predicted octanol–water partition coefficient (Wildman–Crippen LogP) is 3.35. The summed E-state index contributed by atoms with van der Waals surface area (Å²) in [7, 11) is 0. The molecular formula is C23H22F2N2O3. The summed E-state index contributed by atoms with van der Waals surface area (Å²) >= 11 is 0. The van der Waals surface area contributed by atoms with Gasteiger partial charge in [0.15, 0.2) is 0 Å². The normalized spacial score (nSPS) is 22.3. The second-order valence-corrected chi connectivity index (χ2v) is 7.68. The summed E-state index contributed by atoms with van der Waals surface area (Å²) in [5, 5.41) is 0. The molecule has 1 fully saturated rings. The molecule has 156 valence electrons. The molecule has 30 heavy (non-hydrogen) atoms. The molecule has 0 aliphatic carbocycles. The minimum Gasteiger partial charge on any atom is -0.372 e. The van der Waals surface area contributed by atoms with Crippen LogP contribution in [0.3, 0.4) is 0 Å². The predicted molar refractivity (Wildman–Crippen MR) is 107 cm³/mol. The Bertz CT molecular complexity index is 1010. The van der Waals surface area contributed by atoms with Gasteiger partial charge in [0.2, 0.25) is 0 Å². The Balaban J connectivity index is 1.76. The minimum atomic E-state index is -0.517. The van der Waals surface area contributed by atoms with Crippen LogP contribution < -0.4 is 0 Å². The first-order valence-corrected chi connectivity index (χ1v) is 9.85. The summed E-state index contributed by atoms with van der Waals surface area (Å²) in [6.45, 7) is 4.51. The Morgan fingerprint density at radius 3 is 2.20 bits per heavy atom. The Morgan fingerprint density at radius 2 is 1.57 bits per heavy atom. The molecule has 2 aromatic rings. The van der Waals surface area contributed by atoms with E-state index in [9.17, 15) is 18.4 Å². The van der Waals surface area contributed by atoms with Gasteiger partial charge in [0.05, 0.1) is 24.3 Å². The number of amides is 2. The highest BCUT2D eigenvalue weighted by molar-refractivity contribution is 6.35. The van der Waals surface area contributed by atoms with Crippen molar-refractivity contribution in [1.82, 2.24) is 9.80 Å². The molecule has 0 bridgehead atoms. The number of nitrogens with zero attached hydrogens (tertiary/aromatic N) is 2. The van der Waals surface area contributed by atoms with E-state index in [4.69, 9.17) is 4.74 Å². The molecule has 2 amide bonds. The fourth-order valence-corrected chi connectivity index (χ4v) is 4.03. The maximum atomic E-state index is 14.2. The lowest BCUT2D eigenvalue weighted by Crippen LogP contribution is -2.46. The van der Waals surface area contributed by atoms with Gasteiger partial charge in [-0.05, 0) is 37.6 Å². The molecule has 2 atom stereocenters. The number of hydrogen-bond acceptors (Lipinski definition) is 4. The highest BCUT2D eigenvalue weighted by atomic mass is 19.1. The summed E-state index contributed by atoms with van der Waals surface area (Å²) < 4.78 is 33.4. The van der Waals surface area contributed by atoms with Crippen molar-refractivity contribution in [2.75, 3.05) is 13.1 Å². The van der Waals surface area contributed by atoms with Crippen molar-refractivity contribution < 1.29 is 23.1 Å². The van der Waals surface area contributed by atoms with E-state index >= 15 is 0 Å². The summed E-state index contributed by atoms with van der Waals surface area (Å²) in [4.78, 5) is 29.6. The van der Waals surface area contributed by atoms with Crippen LogP contribution in [0.4, 0.5) is 8.78 Å². The van der Waals surface area contributed by atoms with Gasteiger partial charge in [-0.1, -0.05) is 30.3 Å². The minimum absolute atomic E-state index is 0.126. The number of carbonyl (C=O) groups excluding carboxylic acids is 2. The fourth-order valence-electron chi connectivity index (χ4n) is 4.03. The SMILES string of the molecule is CC1CN(C2=C(c3ccc(F)cc3)C(=O)N(Cc3ccccc3F)C2=O)CC(C)O1. The molecule has 0 spiro atoms. The van der Waals surface area contributed by atoms with Crippen LogP contribution in [0.25, 0.3) is 5.57 Å². The molecule has 2 unspecified atom stereocenters. The maximum Gasteiger partial charge on any atom is 0.278 e. The lowest BCUT2D eigenvalue weighted by Gasteiger charge is -2.37. The molecule has 2 heterocycles. The number of carbonyl (C=O) groups is 2. The van der Waals surface area contributed by atoms with E-state index in [1.807, 2.05) is 18.7 Å². The third kappa shape index (κ3) is 3.73. The van der Waals surface area contributed by atoms with Crippen LogP contribution >= 0.6 is 0 Å². The molecule has 2 aliphatic rings. The van der Waals surface area contributed by atoms with E-state index < -0.39 is 23.4 Å². The van der Waals surface area contributed by atoms with Crippen molar-refractivity contribution in [3.05, 3.63) is 77.0 Å². The number of morpholine rings is 1. The summed E-state index contributed by atoms with van der Waals surface area (Å²) in [6, 6.07) is 11.5. The van der Waals surface area contributed by atoms with Gasteiger partial charge in [-0.2, -0.15) is 0 Å². The van der Waals surface area contributed by atoms with Gasteiger partial charge in [0.1, 0.15) is 17.3 Å². The number of halogens is 2. The van der Waals surface area contributed by atoms with Crippen molar-refractivity contribution >= 4 is 17.4 Å². The highest BCUT2D eigenvalue weighted by Gasteiger charge is 2.43. The lowest BCUT2D eigenvalue weighted by molar-refractivity contribution is -0.139. The van der Waals surface area contributed by atoms with Crippen LogP contribution in [0.5, 0.6) is 0 Å². The number of hydrogen-bond donors (Lipinski definition) is 0. The Hall–Kier alpha value is -3.06. The molecule has 5 nitrogen and oxygen atoms in total. The van der Waals surface area contributed by atoms with Crippen molar-refractivity contribution in [2.24, 2.45) is 0 Å². The zero-order valence-corrected chi connectivity index (χ0v) is 16.8. The molecule has 0 N–H and O–H groups in total. The molecule has 1 saturated heterocycles. The van der Waals surface area contributed by atoms with E-state index in [1.54, 1.807) is 18.2 Å². The fraction of sp³-hybridized carbons (Fsp3) is 0.304. The average Bonchev–Trinajstić information content (AvgIpc) is 2.94. The van der Waals surface area contributed by atoms with E-state index in [-0.39, 0.29) is 35.6 Å². The molecule has 2 aromatic carbocycles. The topological polar surface area (TPSA) is 49.9 Å². The van der Waals surface area contributed by atoms with Gasteiger partial charge < -0.3 is 9.64 Å². The molecule has 2 aliphatic heterocycles. The van der Waals surface area contributed by atoms with Gasteiger partial charge in [0, 0.05) is 18.7 Å². The molecule has 4 rings (SSSR count). The lowest BCUT2D eigenvalue weighted by atomic mass is 10.0. The second kappa shape index (κ2) is 7.99. The molecule has 0 aromatic heterocycles. The average molecular weight is 412 g/mol. The zero-order chi connectivity index (χ0) is 21.4. The molecular weight excluding hydrogens is 390 g/mol. The van der Waals surface area contributed by atoms with E-state index in [2.05, 4.69) is 0 Å². The van der Waals surface area contributed by atoms with Crippen molar-refractivity contribution in [2.45, 2.75) is 32.6 Å². The van der Waals surface area contributed by atoms with Gasteiger partial charge in [-0.25, -0.2) is 8.78 Å². The van der Waals surface area contributed by atoms with Crippen molar-refractivity contribution in [3.63, 3.8) is 0 Å². The Morgan fingerprint density at radius 1 is 0.933 bits per heavy atom. The van der Waals surface area contributed by atoms with Crippen LogP contribution in [0.1, 0.15) is 25.0 Å². The summed E-state index contributed by atoms with van der Waals surface area (Å²) in [5.74, 6) is -1.92. The largest absolute Gasteiger partial charge is 0.372 e. The van der Waals surface area contributed by atoms with Crippen molar-refractivity contribution in [1.29, 1.82) is 0 Å². The third-order valence-electron chi connectivity index (χ3n) is 5.30. The van der Waals surface area contributed by atoms with Crippen LogP contribution in [0, 0.1) is 11.6 Å². The second-order valence-electron chi connectivity index (χ2n) is 7.68. The zero-order valence-electron chi connectivity index (χ0n) is 16.8. The van der Waals surface area contributed by atoms with Gasteiger partial charge in [0.25, 0.3) is 11.8 Å². The van der Waals surface area contributed by atoms with Crippen LogP contribution in [-0.4, -0.2) is 46.9 Å². The first kappa shape index (κ1) is 20.2. The first-order valence-electron chi connectivity index (χ1n) is 9.85. The highest BCUT2D eigenvalue weighted by Crippen LogP contribution is 2.34. The van der Waals surface area contributed by atoms with Crippen molar-refractivity contribution in [3.8, 4) is 0 Å². The maximum absolute atomic E-state index is 14.2. The molecule has 7 heteroatoms.